The minimum Gasteiger partial charge on any atom is -0.405 e. The van der Waals surface area contributed by atoms with Crippen LogP contribution in [0, 0.1) is 0 Å². The van der Waals surface area contributed by atoms with Gasteiger partial charge in [0, 0.05) is 18.2 Å². The van der Waals surface area contributed by atoms with E-state index in [-0.39, 0.29) is 11.8 Å². The Kier molecular flexibility index (Phi) is 6.51. The fraction of sp³-hybridized carbons (Fsp3) is 0.538. The minimum atomic E-state index is -4.65. The van der Waals surface area contributed by atoms with Crippen molar-refractivity contribution in [1.82, 2.24) is 5.32 Å². The predicted molar refractivity (Wildman–Crippen MR) is 72.4 cm³/mol. The number of rotatable bonds is 7. The molecule has 19 heavy (non-hydrogen) atoms. The zero-order valence-corrected chi connectivity index (χ0v) is 11.8. The van der Waals surface area contributed by atoms with Crippen LogP contribution in [-0.4, -0.2) is 24.4 Å². The van der Waals surface area contributed by atoms with Crippen molar-refractivity contribution in [1.29, 1.82) is 0 Å². The maximum absolute atomic E-state index is 12.2. The molecule has 0 aromatic heterocycles. The maximum atomic E-state index is 12.2. The van der Waals surface area contributed by atoms with E-state index in [1.807, 2.05) is 13.2 Å². The van der Waals surface area contributed by atoms with Crippen molar-refractivity contribution >= 4 is 11.8 Å². The standard InChI is InChI=1S/C13H18F3NOS/c1-10(7-8-19-2)17-9-11-5-3-4-6-12(11)18-13(14,15)16/h3-6,10,17H,7-9H2,1-2H3. The summed E-state index contributed by atoms with van der Waals surface area (Å²) >= 11 is 1.75. The average molecular weight is 293 g/mol. The summed E-state index contributed by atoms with van der Waals surface area (Å²) in [5.74, 6) is 0.883. The van der Waals surface area contributed by atoms with Crippen molar-refractivity contribution in [2.45, 2.75) is 32.3 Å². The van der Waals surface area contributed by atoms with Crippen LogP contribution in [0.4, 0.5) is 13.2 Å². The summed E-state index contributed by atoms with van der Waals surface area (Å²) in [6.45, 7) is 2.38. The fourth-order valence-corrected chi connectivity index (χ4v) is 2.14. The van der Waals surface area contributed by atoms with Crippen LogP contribution in [0.25, 0.3) is 0 Å². The van der Waals surface area contributed by atoms with Crippen molar-refractivity contribution in [2.75, 3.05) is 12.0 Å². The first kappa shape index (κ1) is 16.2. The molecule has 108 valence electrons. The van der Waals surface area contributed by atoms with Crippen LogP contribution < -0.4 is 10.1 Å². The van der Waals surface area contributed by atoms with Gasteiger partial charge in [-0.15, -0.1) is 13.2 Å². The Labute approximate surface area is 115 Å². The quantitative estimate of drug-likeness (QED) is 0.826. The van der Waals surface area contributed by atoms with E-state index < -0.39 is 6.36 Å². The van der Waals surface area contributed by atoms with Crippen LogP contribution in [0.3, 0.4) is 0 Å². The Balaban J connectivity index is 2.58. The minimum absolute atomic E-state index is 0.139. The molecule has 0 saturated heterocycles. The number of ether oxygens (including phenoxy) is 1. The third-order valence-electron chi connectivity index (χ3n) is 2.59. The Morgan fingerprint density at radius 1 is 1.32 bits per heavy atom. The van der Waals surface area contributed by atoms with Crippen molar-refractivity contribution in [2.24, 2.45) is 0 Å². The number of thioether (sulfide) groups is 1. The zero-order valence-electron chi connectivity index (χ0n) is 11.0. The molecule has 1 aromatic carbocycles. The molecule has 1 atom stereocenters. The second-order valence-corrected chi connectivity index (χ2v) is 5.20. The summed E-state index contributed by atoms with van der Waals surface area (Å²) in [5, 5.41) is 3.20. The van der Waals surface area contributed by atoms with Crippen molar-refractivity contribution in [3.8, 4) is 5.75 Å². The van der Waals surface area contributed by atoms with Crippen LogP contribution in [0.15, 0.2) is 24.3 Å². The molecule has 0 fully saturated rings. The third kappa shape index (κ3) is 6.73. The second kappa shape index (κ2) is 7.65. The molecule has 6 heteroatoms. The lowest BCUT2D eigenvalue weighted by Crippen LogP contribution is -2.27. The Hall–Kier alpha value is -0.880. The molecule has 0 aliphatic carbocycles. The van der Waals surface area contributed by atoms with E-state index in [0.717, 1.165) is 12.2 Å². The van der Waals surface area contributed by atoms with Crippen LogP contribution in [0.5, 0.6) is 5.75 Å². The fourth-order valence-electron chi connectivity index (χ4n) is 1.55. The predicted octanol–water partition coefficient (Wildman–Crippen LogP) is 3.82. The summed E-state index contributed by atoms with van der Waals surface area (Å²) in [4.78, 5) is 0. The number of para-hydroxylation sites is 1. The maximum Gasteiger partial charge on any atom is 0.573 e. The molecule has 1 unspecified atom stereocenters. The van der Waals surface area contributed by atoms with Gasteiger partial charge in [0.2, 0.25) is 0 Å². The van der Waals surface area contributed by atoms with Gasteiger partial charge in [-0.3, -0.25) is 0 Å². The van der Waals surface area contributed by atoms with E-state index >= 15 is 0 Å². The monoisotopic (exact) mass is 293 g/mol. The lowest BCUT2D eigenvalue weighted by Gasteiger charge is -2.16. The lowest BCUT2D eigenvalue weighted by atomic mass is 10.2. The van der Waals surface area contributed by atoms with Gasteiger partial charge < -0.3 is 10.1 Å². The van der Waals surface area contributed by atoms with Crippen LogP contribution in [0.1, 0.15) is 18.9 Å². The van der Waals surface area contributed by atoms with Crippen LogP contribution in [0.2, 0.25) is 0 Å². The number of alkyl halides is 3. The molecular weight excluding hydrogens is 275 g/mol. The SMILES string of the molecule is CSCCC(C)NCc1ccccc1OC(F)(F)F. The highest BCUT2D eigenvalue weighted by Gasteiger charge is 2.31. The van der Waals surface area contributed by atoms with Gasteiger partial charge in [0.1, 0.15) is 5.75 Å². The van der Waals surface area contributed by atoms with Gasteiger partial charge >= 0.3 is 6.36 Å². The molecule has 2 nitrogen and oxygen atoms in total. The first-order chi connectivity index (χ1) is 8.92. The number of hydrogen-bond acceptors (Lipinski definition) is 3. The van der Waals surface area contributed by atoms with Gasteiger partial charge in [0.15, 0.2) is 0 Å². The molecule has 0 amide bonds. The third-order valence-corrected chi connectivity index (χ3v) is 3.24. The molecule has 1 N–H and O–H groups in total. The molecule has 1 rings (SSSR count). The summed E-state index contributed by atoms with van der Waals surface area (Å²) in [6, 6.07) is 6.45. The number of benzene rings is 1. The Morgan fingerprint density at radius 3 is 2.63 bits per heavy atom. The first-order valence-corrected chi connectivity index (χ1v) is 7.37. The molecule has 0 aliphatic heterocycles. The highest BCUT2D eigenvalue weighted by atomic mass is 32.2. The smallest absolute Gasteiger partial charge is 0.405 e. The summed E-state index contributed by atoms with van der Waals surface area (Å²) in [7, 11) is 0. The molecule has 0 saturated carbocycles. The van der Waals surface area contributed by atoms with Crippen molar-refractivity contribution < 1.29 is 17.9 Å². The summed E-state index contributed by atoms with van der Waals surface area (Å²) in [6.07, 6.45) is -1.65. The summed E-state index contributed by atoms with van der Waals surface area (Å²) in [5.41, 5.74) is 0.510. The summed E-state index contributed by atoms with van der Waals surface area (Å²) < 4.78 is 40.7. The van der Waals surface area contributed by atoms with Crippen LogP contribution >= 0.6 is 11.8 Å². The Morgan fingerprint density at radius 2 is 2.00 bits per heavy atom. The van der Waals surface area contributed by atoms with E-state index in [1.165, 1.54) is 12.1 Å². The van der Waals surface area contributed by atoms with Gasteiger partial charge in [-0.05, 0) is 31.4 Å². The number of hydrogen-bond donors (Lipinski definition) is 1. The molecular formula is C13H18F3NOS. The molecule has 0 heterocycles. The van der Waals surface area contributed by atoms with E-state index in [2.05, 4.69) is 10.1 Å². The molecule has 1 aromatic rings. The Bertz CT molecular complexity index is 384. The van der Waals surface area contributed by atoms with Crippen molar-refractivity contribution in [3.63, 3.8) is 0 Å². The highest BCUT2D eigenvalue weighted by molar-refractivity contribution is 7.98. The topological polar surface area (TPSA) is 21.3 Å². The van der Waals surface area contributed by atoms with Gasteiger partial charge in [0.05, 0.1) is 0 Å². The molecule has 0 aliphatic rings. The van der Waals surface area contributed by atoms with E-state index in [0.29, 0.717) is 12.1 Å². The van der Waals surface area contributed by atoms with Gasteiger partial charge in [0.25, 0.3) is 0 Å². The highest BCUT2D eigenvalue weighted by Crippen LogP contribution is 2.26. The average Bonchev–Trinajstić information content (AvgIpc) is 2.33. The molecule has 0 bridgehead atoms. The molecule has 0 radical (unpaired) electrons. The first-order valence-electron chi connectivity index (χ1n) is 5.98. The number of halogens is 3. The zero-order chi connectivity index (χ0) is 14.3. The lowest BCUT2D eigenvalue weighted by molar-refractivity contribution is -0.274. The normalized spacial score (nSPS) is 13.3. The van der Waals surface area contributed by atoms with Gasteiger partial charge in [-0.25, -0.2) is 0 Å². The molecule has 0 spiro atoms. The van der Waals surface area contributed by atoms with E-state index in [9.17, 15) is 13.2 Å². The van der Waals surface area contributed by atoms with E-state index in [1.54, 1.807) is 23.9 Å². The van der Waals surface area contributed by atoms with Crippen LogP contribution in [-0.2, 0) is 6.54 Å². The van der Waals surface area contributed by atoms with E-state index in [4.69, 9.17) is 0 Å². The largest absolute Gasteiger partial charge is 0.573 e. The van der Waals surface area contributed by atoms with Crippen molar-refractivity contribution in [3.05, 3.63) is 29.8 Å². The second-order valence-electron chi connectivity index (χ2n) is 4.22. The van der Waals surface area contributed by atoms with Gasteiger partial charge in [-0.2, -0.15) is 11.8 Å². The number of nitrogens with one attached hydrogen (secondary N) is 1. The van der Waals surface area contributed by atoms with Gasteiger partial charge in [-0.1, -0.05) is 18.2 Å².